The van der Waals surface area contributed by atoms with Crippen LogP contribution in [-0.2, 0) is 9.31 Å². The molecule has 2 rings (SSSR count). The van der Waals surface area contributed by atoms with E-state index < -0.39 is 0 Å². The molecule has 0 amide bonds. The molecule has 1 aromatic rings. The van der Waals surface area contributed by atoms with Gasteiger partial charge < -0.3 is 14.0 Å². The van der Waals surface area contributed by atoms with Crippen LogP contribution in [0.5, 0.6) is 5.88 Å². The fourth-order valence-electron chi connectivity index (χ4n) is 2.34. The summed E-state index contributed by atoms with van der Waals surface area (Å²) in [6, 6.07) is 2.10. The molecule has 1 unspecified atom stereocenters. The Morgan fingerprint density at radius 2 is 1.81 bits per heavy atom. The van der Waals surface area contributed by atoms with Crippen molar-refractivity contribution in [3.05, 3.63) is 17.8 Å². The second-order valence-electron chi connectivity index (χ2n) is 6.76. The maximum atomic E-state index is 6.09. The quantitative estimate of drug-likeness (QED) is 0.800. The summed E-state index contributed by atoms with van der Waals surface area (Å²) in [5.41, 5.74) is 1.37. The van der Waals surface area contributed by atoms with Gasteiger partial charge in [-0.1, -0.05) is 19.9 Å². The number of nitrogens with zero attached hydrogens (tertiary/aromatic N) is 1. The van der Waals surface area contributed by atoms with E-state index in [1.165, 1.54) is 0 Å². The van der Waals surface area contributed by atoms with Crippen LogP contribution in [0.4, 0.5) is 0 Å². The van der Waals surface area contributed by atoms with Gasteiger partial charge in [-0.05, 0) is 40.0 Å². The molecular formula is C16H26BNO3. The van der Waals surface area contributed by atoms with Crippen LogP contribution in [0.1, 0.15) is 59.4 Å². The van der Waals surface area contributed by atoms with Gasteiger partial charge in [0.1, 0.15) is 0 Å². The SMILES string of the molecule is CCC(C)c1cc(B2OC(C)(C)C(C)(C)O2)cnc1OC. The number of pyridine rings is 1. The molecule has 2 heterocycles. The van der Waals surface area contributed by atoms with Crippen molar-refractivity contribution in [1.29, 1.82) is 0 Å². The zero-order valence-corrected chi connectivity index (χ0v) is 14.2. The fourth-order valence-corrected chi connectivity index (χ4v) is 2.34. The van der Waals surface area contributed by atoms with Crippen molar-refractivity contribution in [2.75, 3.05) is 7.11 Å². The second-order valence-corrected chi connectivity index (χ2v) is 6.76. The molecule has 0 N–H and O–H groups in total. The zero-order valence-electron chi connectivity index (χ0n) is 14.2. The topological polar surface area (TPSA) is 40.6 Å². The summed E-state index contributed by atoms with van der Waals surface area (Å²) >= 11 is 0. The van der Waals surface area contributed by atoms with E-state index >= 15 is 0 Å². The van der Waals surface area contributed by atoms with Crippen molar-refractivity contribution in [1.82, 2.24) is 4.98 Å². The van der Waals surface area contributed by atoms with Gasteiger partial charge in [-0.3, -0.25) is 0 Å². The highest BCUT2D eigenvalue weighted by atomic mass is 16.7. The maximum absolute atomic E-state index is 6.09. The number of hydrogen-bond donors (Lipinski definition) is 0. The predicted molar refractivity (Wildman–Crippen MR) is 85.2 cm³/mol. The summed E-state index contributed by atoms with van der Waals surface area (Å²) in [7, 11) is 1.28. The van der Waals surface area contributed by atoms with Crippen LogP contribution in [0, 0.1) is 0 Å². The Labute approximate surface area is 128 Å². The third-order valence-corrected chi connectivity index (χ3v) is 4.76. The Morgan fingerprint density at radius 1 is 1.24 bits per heavy atom. The Hall–Kier alpha value is -1.07. The van der Waals surface area contributed by atoms with Crippen LogP contribution in [-0.4, -0.2) is 30.4 Å². The molecule has 0 radical (unpaired) electrons. The molecule has 1 atom stereocenters. The summed E-state index contributed by atoms with van der Waals surface area (Å²) in [5, 5.41) is 0. The lowest BCUT2D eigenvalue weighted by Gasteiger charge is -2.32. The number of methoxy groups -OCH3 is 1. The van der Waals surface area contributed by atoms with Crippen molar-refractivity contribution in [3.63, 3.8) is 0 Å². The summed E-state index contributed by atoms with van der Waals surface area (Å²) in [6.45, 7) is 12.6. The molecule has 5 heteroatoms. The first kappa shape index (κ1) is 16.3. The van der Waals surface area contributed by atoms with Gasteiger partial charge >= 0.3 is 7.12 Å². The van der Waals surface area contributed by atoms with Crippen molar-refractivity contribution < 1.29 is 14.0 Å². The van der Waals surface area contributed by atoms with Crippen LogP contribution in [0.15, 0.2) is 12.3 Å². The lowest BCUT2D eigenvalue weighted by Crippen LogP contribution is -2.41. The molecule has 0 bridgehead atoms. The summed E-state index contributed by atoms with van der Waals surface area (Å²) in [4.78, 5) is 4.42. The van der Waals surface area contributed by atoms with Crippen molar-refractivity contribution in [2.45, 2.75) is 65.1 Å². The summed E-state index contributed by atoms with van der Waals surface area (Å²) in [5.74, 6) is 1.07. The molecule has 1 aliphatic heterocycles. The van der Waals surface area contributed by atoms with Gasteiger partial charge in [0.15, 0.2) is 0 Å². The van der Waals surface area contributed by atoms with Crippen LogP contribution in [0.3, 0.4) is 0 Å². The minimum absolute atomic E-state index is 0.339. The number of ether oxygens (including phenoxy) is 1. The standard InChI is InChI=1S/C16H26BNO3/c1-8-11(2)13-9-12(10-18-14(13)19-7)17-20-15(3,4)16(5,6)21-17/h9-11H,8H2,1-7H3. The molecule has 21 heavy (non-hydrogen) atoms. The van der Waals surface area contributed by atoms with Gasteiger partial charge in [-0.25, -0.2) is 4.98 Å². The number of rotatable bonds is 4. The Morgan fingerprint density at radius 3 is 2.29 bits per heavy atom. The highest BCUT2D eigenvalue weighted by molar-refractivity contribution is 6.62. The van der Waals surface area contributed by atoms with E-state index in [1.807, 2.05) is 0 Å². The second kappa shape index (κ2) is 5.62. The molecule has 4 nitrogen and oxygen atoms in total. The third kappa shape index (κ3) is 2.95. The van der Waals surface area contributed by atoms with Crippen LogP contribution in [0.2, 0.25) is 0 Å². The van der Waals surface area contributed by atoms with Gasteiger partial charge in [-0.2, -0.15) is 0 Å². The Bertz CT molecular complexity index is 500. The third-order valence-electron chi connectivity index (χ3n) is 4.76. The normalized spacial score (nSPS) is 21.4. The molecular weight excluding hydrogens is 265 g/mol. The minimum Gasteiger partial charge on any atom is -0.481 e. The average Bonchev–Trinajstić information content (AvgIpc) is 2.66. The van der Waals surface area contributed by atoms with Gasteiger partial charge in [0.25, 0.3) is 0 Å². The Balaban J connectivity index is 2.34. The first-order chi connectivity index (χ1) is 9.71. The van der Waals surface area contributed by atoms with Crippen molar-refractivity contribution in [2.24, 2.45) is 0 Å². The lowest BCUT2D eigenvalue weighted by atomic mass is 9.78. The number of aromatic nitrogens is 1. The first-order valence-corrected chi connectivity index (χ1v) is 7.61. The smallest absolute Gasteiger partial charge is 0.481 e. The monoisotopic (exact) mass is 291 g/mol. The van der Waals surface area contributed by atoms with Gasteiger partial charge in [0.05, 0.1) is 18.3 Å². The molecule has 1 fully saturated rings. The van der Waals surface area contributed by atoms with Crippen LogP contribution < -0.4 is 10.2 Å². The van der Waals surface area contributed by atoms with Crippen molar-refractivity contribution >= 4 is 12.6 Å². The highest BCUT2D eigenvalue weighted by Gasteiger charge is 2.51. The molecule has 0 aromatic carbocycles. The molecule has 0 aliphatic carbocycles. The van der Waals surface area contributed by atoms with E-state index in [0.717, 1.165) is 17.4 Å². The molecule has 0 saturated carbocycles. The van der Waals surface area contributed by atoms with E-state index in [2.05, 4.69) is 52.6 Å². The van der Waals surface area contributed by atoms with Crippen LogP contribution >= 0.6 is 0 Å². The number of hydrogen-bond acceptors (Lipinski definition) is 4. The first-order valence-electron chi connectivity index (χ1n) is 7.61. The lowest BCUT2D eigenvalue weighted by molar-refractivity contribution is 0.00578. The largest absolute Gasteiger partial charge is 0.496 e. The van der Waals surface area contributed by atoms with Gasteiger partial charge in [-0.15, -0.1) is 0 Å². The maximum Gasteiger partial charge on any atom is 0.496 e. The van der Waals surface area contributed by atoms with E-state index in [4.69, 9.17) is 14.0 Å². The molecule has 1 aromatic heterocycles. The molecule has 116 valence electrons. The Kier molecular flexibility index (Phi) is 4.36. The van der Waals surface area contributed by atoms with E-state index in [-0.39, 0.29) is 18.3 Å². The summed E-state index contributed by atoms with van der Waals surface area (Å²) in [6.07, 6.45) is 2.82. The molecule has 1 aliphatic rings. The minimum atomic E-state index is -0.379. The average molecular weight is 291 g/mol. The van der Waals surface area contributed by atoms with Crippen molar-refractivity contribution in [3.8, 4) is 5.88 Å². The molecule has 0 spiro atoms. The van der Waals surface area contributed by atoms with Crippen LogP contribution in [0.25, 0.3) is 0 Å². The summed E-state index contributed by atoms with van der Waals surface area (Å²) < 4.78 is 17.6. The highest BCUT2D eigenvalue weighted by Crippen LogP contribution is 2.37. The van der Waals surface area contributed by atoms with E-state index in [1.54, 1.807) is 13.3 Å². The van der Waals surface area contributed by atoms with E-state index in [9.17, 15) is 0 Å². The fraction of sp³-hybridized carbons (Fsp3) is 0.688. The van der Waals surface area contributed by atoms with Gasteiger partial charge in [0.2, 0.25) is 5.88 Å². The van der Waals surface area contributed by atoms with Gasteiger partial charge in [0, 0.05) is 17.2 Å². The zero-order chi connectivity index (χ0) is 15.8. The van der Waals surface area contributed by atoms with E-state index in [0.29, 0.717) is 11.8 Å². The predicted octanol–water partition coefficient (Wildman–Crippen LogP) is 2.90. The molecule has 1 saturated heterocycles.